The fourth-order valence-corrected chi connectivity index (χ4v) is 15.8. The highest BCUT2D eigenvalue weighted by Crippen LogP contribution is 2.47. The summed E-state index contributed by atoms with van der Waals surface area (Å²) in [5, 5.41) is 32.9. The standard InChI is InChI=1S/C27H24N8O2.C26H29F3N6O2.C25H28N6O3.C24H27N5O3.CH4/c1-34-17-18(15-31-34)26-16-30-24-7-6-20(13-25(24)33-26)35(10-4-5-19-8-9-29-27(28)32-19)21-11-22(36-2)14-23(12-21)37-3;1-5-25-21(14-32-34(25)2)24-15-31-22-7-6-17(12-23(22)33-24)35(9-8-30-16-26(27,28)29)18-10-19(36-3)13-20(11-18)37-4;1-16(2)26-7-8-31(19-10-23(32-4)25-24(11-19)33-15-34-25)18-5-6-20-21(9-18)29-22(13-27-20)17-12-28-30(3)14-17;1-5-24-20(14-26-28(24)2)23-15-25-21-7-6-16(12-22(21)27-23)29(8-9-30)17-10-18(31-3)13-19(11-17)32-4;/h6-9,11-17H,10H2,1-3H3,(H2,28,29,32);6-7,10-15,30H,5,8-9,16H2,1-4H3;5-6,9-14,16,26H,7-8,15H2,1-4H3;6-7,10-15,30H,5,8-9H2,1-4H3;1H4. The van der Waals surface area contributed by atoms with Gasteiger partial charge < -0.3 is 83.7 Å². The molecule has 9 aromatic heterocycles. The van der Waals surface area contributed by atoms with E-state index in [9.17, 15) is 18.3 Å². The molecule has 0 unspecified atom stereocenters. The molecule has 0 bridgehead atoms. The zero-order valence-corrected chi connectivity index (χ0v) is 80.2. The number of rotatable bonds is 32. The minimum Gasteiger partial charge on any atom is -0.497 e. The molecule has 17 aromatic rings. The molecular formula is C103H112F3N25O10. The number of anilines is 9. The first kappa shape index (κ1) is 100. The number of nitrogens with zero attached hydrogens (tertiary/aromatic N) is 22. The quantitative estimate of drug-likeness (QED) is 0.0225. The van der Waals surface area contributed by atoms with E-state index in [-0.39, 0.29) is 39.9 Å². The average molecular weight is 1920 g/mol. The minimum atomic E-state index is -4.29. The van der Waals surface area contributed by atoms with E-state index in [0.717, 1.165) is 150 Å². The maximum absolute atomic E-state index is 12.7. The van der Waals surface area contributed by atoms with E-state index < -0.39 is 12.7 Å². The van der Waals surface area contributed by atoms with Crippen molar-refractivity contribution in [3.8, 4) is 109 Å². The Morgan fingerprint density at radius 1 is 0.447 bits per heavy atom. The second-order valence-corrected chi connectivity index (χ2v) is 32.3. The fraction of sp³-hybridized carbons (Fsp3) is 0.282. The van der Waals surface area contributed by atoms with Gasteiger partial charge in [-0.3, -0.25) is 38.7 Å². The van der Waals surface area contributed by atoms with Gasteiger partial charge in [0.25, 0.3) is 0 Å². The van der Waals surface area contributed by atoms with Crippen molar-refractivity contribution in [1.29, 1.82) is 0 Å². The number of hydrogen-bond acceptors (Lipinski definition) is 31. The van der Waals surface area contributed by atoms with Crippen LogP contribution in [-0.2, 0) is 41.0 Å². The number of aromatic nitrogens is 18. The van der Waals surface area contributed by atoms with Crippen LogP contribution in [0.1, 0.15) is 52.2 Å². The first-order chi connectivity index (χ1) is 67.8. The molecule has 0 atom stereocenters. The van der Waals surface area contributed by atoms with Crippen LogP contribution in [0.2, 0.25) is 0 Å². The Morgan fingerprint density at radius 3 is 1.24 bits per heavy atom. The summed E-state index contributed by atoms with van der Waals surface area (Å²) in [4.78, 5) is 54.1. The van der Waals surface area contributed by atoms with E-state index >= 15 is 0 Å². The van der Waals surface area contributed by atoms with Gasteiger partial charge in [-0.05, 0) is 97.6 Å². The Hall–Kier alpha value is -16.5. The van der Waals surface area contributed by atoms with Gasteiger partial charge in [0.1, 0.15) is 40.2 Å². The Kier molecular flexibility index (Phi) is 32.8. The number of methoxy groups -OCH3 is 7. The molecule has 8 aromatic carbocycles. The first-order valence-electron chi connectivity index (χ1n) is 44.9. The van der Waals surface area contributed by atoms with Gasteiger partial charge in [-0.2, -0.15) is 33.6 Å². The van der Waals surface area contributed by atoms with Crippen LogP contribution < -0.4 is 78.6 Å². The van der Waals surface area contributed by atoms with E-state index in [1.165, 1.54) is 0 Å². The second kappa shape index (κ2) is 46.1. The highest BCUT2D eigenvalue weighted by Gasteiger charge is 2.28. The number of fused-ring (bicyclic) bond motifs is 5. The molecule has 0 amide bonds. The van der Waals surface area contributed by atoms with Crippen molar-refractivity contribution in [2.24, 2.45) is 28.2 Å². The van der Waals surface area contributed by atoms with Gasteiger partial charge in [-0.1, -0.05) is 41.0 Å². The SMILES string of the molecule is C.CCc1c(-c2cnc3ccc(N(CCNCC(F)(F)F)c4cc(OC)cc(OC)c4)cc3n2)cnn1C.CCc1c(-c2cnc3ccc(N(CCO)c4cc(OC)cc(OC)c4)cc3n2)cnn1C.COc1cc(N(CCNC(C)C)c2ccc3ncc(-c4cnn(C)c4)nc3c2)cc2c1OCO2.COc1cc(OC)cc(N(CC#Cc2ccnc(N)n2)c2ccc3ncc(-c4cnn(C)c4)nc3c2)c1. The lowest BCUT2D eigenvalue weighted by Gasteiger charge is -2.26. The Labute approximate surface area is 814 Å². The van der Waals surface area contributed by atoms with Gasteiger partial charge in [0.05, 0.1) is 186 Å². The molecule has 0 fully saturated rings. The average Bonchev–Trinajstić information content (AvgIpc) is 1.78. The molecule has 141 heavy (non-hydrogen) atoms. The maximum Gasteiger partial charge on any atom is 0.401 e. The molecule has 38 heteroatoms. The number of ether oxygens (including phenoxy) is 9. The van der Waals surface area contributed by atoms with Crippen molar-refractivity contribution in [3.05, 3.63) is 231 Å². The van der Waals surface area contributed by atoms with Gasteiger partial charge in [-0.25, -0.2) is 29.9 Å². The number of halogens is 3. The fourth-order valence-electron chi connectivity index (χ4n) is 15.8. The molecule has 35 nitrogen and oxygen atoms in total. The van der Waals surface area contributed by atoms with Crippen LogP contribution in [0.3, 0.4) is 0 Å². The van der Waals surface area contributed by atoms with E-state index in [4.69, 9.17) is 68.3 Å². The number of hydrogen-bond donors (Lipinski definition) is 4. The molecule has 730 valence electrons. The third kappa shape index (κ3) is 24.5. The van der Waals surface area contributed by atoms with Crippen molar-refractivity contribution in [1.82, 2.24) is 99.6 Å². The molecule has 0 aliphatic carbocycles. The summed E-state index contributed by atoms with van der Waals surface area (Å²) < 4.78 is 94.8. The van der Waals surface area contributed by atoms with Gasteiger partial charge in [0.15, 0.2) is 11.5 Å². The molecule has 1 aliphatic heterocycles. The van der Waals surface area contributed by atoms with Crippen LogP contribution in [0.5, 0.6) is 51.7 Å². The molecule has 18 rings (SSSR count). The van der Waals surface area contributed by atoms with Gasteiger partial charge in [0.2, 0.25) is 18.5 Å². The van der Waals surface area contributed by atoms with Crippen LogP contribution >= 0.6 is 0 Å². The Bertz CT molecular complexity index is 7200. The molecule has 0 radical (unpaired) electrons. The summed E-state index contributed by atoms with van der Waals surface area (Å²) in [5.74, 6) is 12.2. The number of aryl methyl sites for hydroxylation is 4. The molecular weight excluding hydrogens is 1800 g/mol. The van der Waals surface area contributed by atoms with E-state index in [0.29, 0.717) is 99.0 Å². The Balaban J connectivity index is 0.000000149. The van der Waals surface area contributed by atoms with Gasteiger partial charge >= 0.3 is 6.18 Å². The Morgan fingerprint density at radius 2 is 0.851 bits per heavy atom. The van der Waals surface area contributed by atoms with E-state index in [2.05, 4.69) is 118 Å². The summed E-state index contributed by atoms with van der Waals surface area (Å²) in [6.45, 7) is 10.2. The summed E-state index contributed by atoms with van der Waals surface area (Å²) in [7, 11) is 18.8. The second-order valence-electron chi connectivity index (χ2n) is 32.3. The third-order valence-corrected chi connectivity index (χ3v) is 22.8. The number of aliphatic hydroxyl groups is 1. The van der Waals surface area contributed by atoms with Crippen molar-refractivity contribution >= 4 is 95.6 Å². The van der Waals surface area contributed by atoms with Gasteiger partial charge in [0, 0.05) is 231 Å². The molecule has 1 aliphatic rings. The van der Waals surface area contributed by atoms with E-state index in [1.54, 1.807) is 121 Å². The summed E-state index contributed by atoms with van der Waals surface area (Å²) >= 11 is 0. The van der Waals surface area contributed by atoms with Gasteiger partial charge in [-0.15, -0.1) is 0 Å². The predicted octanol–water partition coefficient (Wildman–Crippen LogP) is 16.8. The zero-order chi connectivity index (χ0) is 98.7. The maximum atomic E-state index is 12.7. The lowest BCUT2D eigenvalue weighted by Crippen LogP contribution is -2.34. The monoisotopic (exact) mass is 1920 g/mol. The minimum absolute atomic E-state index is 0. The molecule has 0 saturated heterocycles. The zero-order valence-electron chi connectivity index (χ0n) is 80.2. The number of benzene rings is 8. The van der Waals surface area contributed by atoms with Crippen molar-refractivity contribution < 1.29 is 60.9 Å². The number of nitrogens with two attached hydrogens (primary N) is 1. The largest absolute Gasteiger partial charge is 0.497 e. The highest BCUT2D eigenvalue weighted by molar-refractivity contribution is 5.88. The molecule has 10 heterocycles. The van der Waals surface area contributed by atoms with Crippen molar-refractivity contribution in [3.63, 3.8) is 0 Å². The van der Waals surface area contributed by atoms with Crippen LogP contribution in [-0.4, -0.2) is 215 Å². The summed E-state index contributed by atoms with van der Waals surface area (Å²) in [6, 6.07) is 46.2. The first-order valence-corrected chi connectivity index (χ1v) is 44.9. The van der Waals surface area contributed by atoms with Crippen LogP contribution in [0, 0.1) is 11.8 Å². The van der Waals surface area contributed by atoms with Crippen LogP contribution in [0.25, 0.3) is 89.2 Å². The summed E-state index contributed by atoms with van der Waals surface area (Å²) in [6.07, 6.45) is 17.0. The molecule has 0 spiro atoms. The van der Waals surface area contributed by atoms with Crippen molar-refractivity contribution in [2.45, 2.75) is 60.2 Å². The molecule has 0 saturated carbocycles. The van der Waals surface area contributed by atoms with Crippen LogP contribution in [0.15, 0.2) is 214 Å². The number of alkyl halides is 3. The number of aliphatic hydroxyl groups excluding tert-OH is 1. The normalized spacial score (nSPS) is 11.3. The number of nitrogens with one attached hydrogen (secondary N) is 2. The lowest BCUT2D eigenvalue weighted by molar-refractivity contribution is -0.124. The number of nitrogen functional groups attached to an aromatic ring is 1. The lowest BCUT2D eigenvalue weighted by atomic mass is 10.1. The molecule has 5 N–H and O–H groups in total. The topological polar surface area (TPSA) is 367 Å². The third-order valence-electron chi connectivity index (χ3n) is 22.8. The smallest absolute Gasteiger partial charge is 0.401 e. The van der Waals surface area contributed by atoms with E-state index in [1.807, 2.05) is 192 Å². The summed E-state index contributed by atoms with van der Waals surface area (Å²) in [5.41, 5.74) is 28.1. The highest BCUT2D eigenvalue weighted by atomic mass is 19.4. The van der Waals surface area contributed by atoms with Crippen molar-refractivity contribution in [2.75, 3.05) is 134 Å². The predicted molar refractivity (Wildman–Crippen MR) is 541 cm³/mol. The van der Waals surface area contributed by atoms with Crippen LogP contribution in [0.4, 0.5) is 64.6 Å².